The zero-order valence-electron chi connectivity index (χ0n) is 32.2. The van der Waals surface area contributed by atoms with Crippen molar-refractivity contribution in [1.82, 2.24) is 0 Å². The average molecular weight is 777 g/mol. The molecule has 2 saturated heterocycles. The molecule has 0 aromatic rings. The minimum absolute atomic E-state index is 0.155. The third-order valence-corrected chi connectivity index (χ3v) is 9.40. The van der Waals surface area contributed by atoms with E-state index in [0.29, 0.717) is 12.8 Å². The van der Waals surface area contributed by atoms with Gasteiger partial charge in [0.2, 0.25) is 0 Å². The smallest absolute Gasteiger partial charge is 0.306 e. The first-order valence-electron chi connectivity index (χ1n) is 19.9. The lowest BCUT2D eigenvalue weighted by atomic mass is 9.98. The Balaban J connectivity index is 1.76. The molecular formula is C39H68O15. The van der Waals surface area contributed by atoms with Crippen molar-refractivity contribution in [3.05, 3.63) is 24.3 Å². The van der Waals surface area contributed by atoms with E-state index in [0.717, 1.165) is 51.4 Å². The number of unbranched alkanes of at least 4 members (excludes halogenated alkanes) is 10. The Morgan fingerprint density at radius 2 is 1.15 bits per heavy atom. The SMILES string of the molecule is CCCCC/C=C\C/C=C\CCCCCCCCCC(=O)OC(COC(=O)CCC)COC1OC(COC2OC(CO)C(O)C(O)C2O)C(O)C(O)C1O. The van der Waals surface area contributed by atoms with Gasteiger partial charge >= 0.3 is 11.9 Å². The normalized spacial score (nSPS) is 29.5. The fraction of sp³-hybridized carbons (Fsp3) is 0.846. The fourth-order valence-corrected chi connectivity index (χ4v) is 6.05. The topological polar surface area (TPSA) is 231 Å². The molecule has 0 amide bonds. The maximum atomic E-state index is 12.7. The van der Waals surface area contributed by atoms with Gasteiger partial charge in [-0.1, -0.05) is 83.1 Å². The molecule has 15 heteroatoms. The van der Waals surface area contributed by atoms with Gasteiger partial charge < -0.3 is 64.2 Å². The van der Waals surface area contributed by atoms with E-state index in [4.69, 9.17) is 28.4 Å². The highest BCUT2D eigenvalue weighted by Crippen LogP contribution is 2.26. The second kappa shape index (κ2) is 28.4. The predicted octanol–water partition coefficient (Wildman–Crippen LogP) is 2.48. The molecule has 54 heavy (non-hydrogen) atoms. The molecule has 0 aliphatic carbocycles. The molecule has 0 spiro atoms. The first-order chi connectivity index (χ1) is 26.0. The first-order valence-corrected chi connectivity index (χ1v) is 19.9. The number of aliphatic hydroxyl groups excluding tert-OH is 7. The van der Waals surface area contributed by atoms with Crippen LogP contribution in [0.5, 0.6) is 0 Å². The van der Waals surface area contributed by atoms with Gasteiger partial charge in [-0.05, 0) is 44.9 Å². The van der Waals surface area contributed by atoms with Crippen molar-refractivity contribution in [2.24, 2.45) is 0 Å². The summed E-state index contributed by atoms with van der Waals surface area (Å²) in [5.41, 5.74) is 0. The molecule has 2 heterocycles. The number of rotatable bonds is 28. The van der Waals surface area contributed by atoms with Crippen LogP contribution in [0.2, 0.25) is 0 Å². The van der Waals surface area contributed by atoms with E-state index in [2.05, 4.69) is 31.2 Å². The summed E-state index contributed by atoms with van der Waals surface area (Å²) in [7, 11) is 0. The maximum Gasteiger partial charge on any atom is 0.306 e. The Kier molecular flexibility index (Phi) is 25.3. The highest BCUT2D eigenvalue weighted by atomic mass is 16.7. The van der Waals surface area contributed by atoms with Gasteiger partial charge in [0.25, 0.3) is 0 Å². The van der Waals surface area contributed by atoms with Gasteiger partial charge in [0.1, 0.15) is 55.4 Å². The molecule has 314 valence electrons. The largest absolute Gasteiger partial charge is 0.462 e. The van der Waals surface area contributed by atoms with Crippen LogP contribution in [0.4, 0.5) is 0 Å². The lowest BCUT2D eigenvalue weighted by Gasteiger charge is -2.42. The summed E-state index contributed by atoms with van der Waals surface area (Å²) in [6, 6.07) is 0. The Morgan fingerprint density at radius 1 is 0.593 bits per heavy atom. The van der Waals surface area contributed by atoms with E-state index >= 15 is 0 Å². The van der Waals surface area contributed by atoms with Crippen LogP contribution in [0.25, 0.3) is 0 Å². The van der Waals surface area contributed by atoms with Crippen molar-refractivity contribution in [1.29, 1.82) is 0 Å². The molecule has 2 aliphatic heterocycles. The van der Waals surface area contributed by atoms with E-state index in [1.54, 1.807) is 0 Å². The summed E-state index contributed by atoms with van der Waals surface area (Å²) in [6.45, 7) is 2.12. The summed E-state index contributed by atoms with van der Waals surface area (Å²) in [4.78, 5) is 24.8. The van der Waals surface area contributed by atoms with Gasteiger partial charge in [0, 0.05) is 12.8 Å². The van der Waals surface area contributed by atoms with Crippen LogP contribution >= 0.6 is 0 Å². The number of ether oxygens (including phenoxy) is 6. The molecule has 11 unspecified atom stereocenters. The van der Waals surface area contributed by atoms with Crippen LogP contribution in [0.1, 0.15) is 117 Å². The summed E-state index contributed by atoms with van der Waals surface area (Å²) in [5, 5.41) is 71.2. The molecule has 0 aromatic carbocycles. The Morgan fingerprint density at radius 3 is 1.76 bits per heavy atom. The number of hydrogen-bond acceptors (Lipinski definition) is 15. The van der Waals surface area contributed by atoms with Crippen LogP contribution < -0.4 is 0 Å². The second-order valence-electron chi connectivity index (χ2n) is 14.1. The van der Waals surface area contributed by atoms with Crippen molar-refractivity contribution in [3.63, 3.8) is 0 Å². The standard InChI is InChI=1S/C39H68O15/c1-3-5-6-7-8-9-10-11-12-13-14-15-16-17-18-19-20-22-31(42)52-27(24-49-30(41)21-4-2)25-50-38-37(48)35(46)33(44)29(54-38)26-51-39-36(47)34(45)32(43)28(23-40)53-39/h8-9,11-12,27-29,32-40,43-48H,3-7,10,13-26H2,1-2H3/b9-8-,12-11-. The van der Waals surface area contributed by atoms with Crippen molar-refractivity contribution < 1.29 is 73.8 Å². The Bertz CT molecular complexity index is 1060. The number of aliphatic hydroxyl groups is 7. The molecule has 7 N–H and O–H groups in total. The van der Waals surface area contributed by atoms with Gasteiger partial charge in [-0.25, -0.2) is 0 Å². The molecular weight excluding hydrogens is 708 g/mol. The Hall–Kier alpha value is -2.02. The summed E-state index contributed by atoms with van der Waals surface area (Å²) < 4.78 is 32.8. The molecule has 0 saturated carbocycles. The van der Waals surface area contributed by atoms with E-state index in [-0.39, 0.29) is 26.1 Å². The number of carbonyl (C=O) groups excluding carboxylic acids is 2. The molecule has 15 nitrogen and oxygen atoms in total. The quantitative estimate of drug-likeness (QED) is 0.0344. The van der Waals surface area contributed by atoms with Gasteiger partial charge in [-0.3, -0.25) is 9.59 Å². The molecule has 2 fully saturated rings. The van der Waals surface area contributed by atoms with Crippen LogP contribution in [0, 0.1) is 0 Å². The zero-order chi connectivity index (χ0) is 39.7. The molecule has 0 bridgehead atoms. The lowest BCUT2D eigenvalue weighted by Crippen LogP contribution is -2.61. The third kappa shape index (κ3) is 18.3. The minimum Gasteiger partial charge on any atom is -0.462 e. The van der Waals surface area contributed by atoms with Crippen LogP contribution in [0.3, 0.4) is 0 Å². The molecule has 0 radical (unpaired) electrons. The van der Waals surface area contributed by atoms with E-state index in [1.807, 2.05) is 6.92 Å². The first kappa shape index (κ1) is 48.1. The van der Waals surface area contributed by atoms with Gasteiger partial charge in [0.15, 0.2) is 18.7 Å². The molecule has 11 atom stereocenters. The van der Waals surface area contributed by atoms with Crippen molar-refractivity contribution in [2.45, 2.75) is 184 Å². The molecule has 0 aromatic heterocycles. The van der Waals surface area contributed by atoms with Gasteiger partial charge in [-0.15, -0.1) is 0 Å². The predicted molar refractivity (Wildman–Crippen MR) is 197 cm³/mol. The fourth-order valence-electron chi connectivity index (χ4n) is 6.05. The summed E-state index contributed by atoms with van der Waals surface area (Å²) >= 11 is 0. The highest BCUT2D eigenvalue weighted by molar-refractivity contribution is 5.70. The number of carbonyl (C=O) groups is 2. The van der Waals surface area contributed by atoms with Crippen molar-refractivity contribution in [3.8, 4) is 0 Å². The minimum atomic E-state index is -1.76. The van der Waals surface area contributed by atoms with Crippen molar-refractivity contribution >= 4 is 11.9 Å². The molecule has 2 rings (SSSR count). The van der Waals surface area contributed by atoms with Gasteiger partial charge in [-0.2, -0.15) is 0 Å². The van der Waals surface area contributed by atoms with Crippen LogP contribution in [0.15, 0.2) is 24.3 Å². The summed E-state index contributed by atoms with van der Waals surface area (Å²) in [5.74, 6) is -0.998. The van der Waals surface area contributed by atoms with E-state index < -0.39 is 92.7 Å². The van der Waals surface area contributed by atoms with Crippen molar-refractivity contribution in [2.75, 3.05) is 26.4 Å². The average Bonchev–Trinajstić information content (AvgIpc) is 3.16. The Labute approximate surface area is 320 Å². The second-order valence-corrected chi connectivity index (χ2v) is 14.1. The molecule has 2 aliphatic rings. The zero-order valence-corrected chi connectivity index (χ0v) is 32.2. The monoisotopic (exact) mass is 776 g/mol. The van der Waals surface area contributed by atoms with Crippen LogP contribution in [-0.4, -0.2) is 142 Å². The lowest BCUT2D eigenvalue weighted by molar-refractivity contribution is -0.332. The highest BCUT2D eigenvalue weighted by Gasteiger charge is 2.47. The third-order valence-electron chi connectivity index (χ3n) is 9.40. The van der Waals surface area contributed by atoms with E-state index in [1.165, 1.54) is 25.7 Å². The number of allylic oxidation sites excluding steroid dienone is 4. The maximum absolute atomic E-state index is 12.7. The summed E-state index contributed by atoms with van der Waals surface area (Å²) in [6.07, 6.45) is 7.10. The van der Waals surface area contributed by atoms with E-state index in [9.17, 15) is 45.3 Å². The van der Waals surface area contributed by atoms with Gasteiger partial charge in [0.05, 0.1) is 19.8 Å². The number of esters is 2. The number of hydrogen-bond donors (Lipinski definition) is 7. The van der Waals surface area contributed by atoms with Crippen LogP contribution in [-0.2, 0) is 38.0 Å².